The molecule has 2 aromatic rings. The number of carbonyl (C=O) groups excluding carboxylic acids is 1. The Morgan fingerprint density at radius 3 is 2.94 bits per heavy atom. The smallest absolute Gasteiger partial charge is 0.197 e. The molecule has 2 rings (SSSR count). The van der Waals surface area contributed by atoms with E-state index in [0.717, 1.165) is 11.3 Å². The van der Waals surface area contributed by atoms with E-state index in [1.165, 1.54) is 17.4 Å². The lowest BCUT2D eigenvalue weighted by molar-refractivity contribution is 0.105. The Hall–Kier alpha value is -1.94. The third-order valence-electron chi connectivity index (χ3n) is 2.27. The lowest BCUT2D eigenvalue weighted by atomic mass is 10.1. The molecule has 0 unspecified atom stereocenters. The summed E-state index contributed by atoms with van der Waals surface area (Å²) in [6.07, 6.45) is 3.18. The van der Waals surface area contributed by atoms with Crippen LogP contribution in [0.4, 0.5) is 0 Å². The first-order valence-corrected chi connectivity index (χ1v) is 5.96. The standard InChI is InChI=1S/C13H11NO2S/c1-9-13(17-8-14-9)12(16)6-5-10-3-2-4-11(15)7-10/h2-8,15H,1H3/b6-5-. The topological polar surface area (TPSA) is 50.2 Å². The van der Waals surface area contributed by atoms with Crippen molar-refractivity contribution in [3.05, 3.63) is 52.0 Å². The highest BCUT2D eigenvalue weighted by molar-refractivity contribution is 7.12. The van der Waals surface area contributed by atoms with Gasteiger partial charge in [0.2, 0.25) is 0 Å². The van der Waals surface area contributed by atoms with Gasteiger partial charge < -0.3 is 5.11 Å². The number of phenols is 1. The summed E-state index contributed by atoms with van der Waals surface area (Å²) in [5, 5.41) is 9.28. The van der Waals surface area contributed by atoms with Crippen LogP contribution >= 0.6 is 11.3 Å². The maximum atomic E-state index is 11.8. The summed E-state index contributed by atoms with van der Waals surface area (Å²) in [4.78, 5) is 16.5. The summed E-state index contributed by atoms with van der Waals surface area (Å²) in [6, 6.07) is 6.75. The Morgan fingerprint density at radius 2 is 2.29 bits per heavy atom. The number of aromatic hydroxyl groups is 1. The first kappa shape index (κ1) is 11.5. The number of rotatable bonds is 3. The first-order chi connectivity index (χ1) is 8.16. The summed E-state index contributed by atoms with van der Waals surface area (Å²) in [5.41, 5.74) is 3.20. The second-order valence-electron chi connectivity index (χ2n) is 3.56. The summed E-state index contributed by atoms with van der Waals surface area (Å²) in [5.74, 6) is 0.127. The van der Waals surface area contributed by atoms with Crippen LogP contribution in [-0.4, -0.2) is 15.9 Å². The highest BCUT2D eigenvalue weighted by Gasteiger charge is 2.07. The van der Waals surface area contributed by atoms with Crippen molar-refractivity contribution in [2.45, 2.75) is 6.92 Å². The molecule has 1 N–H and O–H groups in total. The van der Waals surface area contributed by atoms with Crippen molar-refractivity contribution in [3.63, 3.8) is 0 Å². The van der Waals surface area contributed by atoms with Crippen LogP contribution < -0.4 is 0 Å². The largest absolute Gasteiger partial charge is 0.508 e. The third kappa shape index (κ3) is 2.79. The molecule has 0 aliphatic heterocycles. The Morgan fingerprint density at radius 1 is 1.47 bits per heavy atom. The van der Waals surface area contributed by atoms with Gasteiger partial charge in [0.05, 0.1) is 16.1 Å². The number of aryl methyl sites for hydroxylation is 1. The van der Waals surface area contributed by atoms with Crippen LogP contribution in [-0.2, 0) is 0 Å². The van der Waals surface area contributed by atoms with E-state index in [2.05, 4.69) is 4.98 Å². The SMILES string of the molecule is Cc1ncsc1C(=O)/C=C\c1cccc(O)c1. The minimum absolute atomic E-state index is 0.0617. The Kier molecular flexibility index (Phi) is 3.35. The van der Waals surface area contributed by atoms with Crippen molar-refractivity contribution in [2.24, 2.45) is 0 Å². The maximum Gasteiger partial charge on any atom is 0.197 e. The Labute approximate surface area is 103 Å². The fourth-order valence-corrected chi connectivity index (χ4v) is 2.14. The van der Waals surface area contributed by atoms with Crippen LogP contribution in [0, 0.1) is 6.92 Å². The molecule has 1 heterocycles. The predicted octanol–water partition coefficient (Wildman–Crippen LogP) is 3.05. The number of aromatic nitrogens is 1. The molecule has 1 aromatic carbocycles. The monoisotopic (exact) mass is 245 g/mol. The van der Waals surface area contributed by atoms with Crippen LogP contribution in [0.5, 0.6) is 5.75 Å². The third-order valence-corrected chi connectivity index (χ3v) is 3.21. The van der Waals surface area contributed by atoms with Gasteiger partial charge in [-0.3, -0.25) is 4.79 Å². The van der Waals surface area contributed by atoms with E-state index in [1.54, 1.807) is 29.8 Å². The second-order valence-corrected chi connectivity index (χ2v) is 4.41. The van der Waals surface area contributed by atoms with Crippen molar-refractivity contribution >= 4 is 23.2 Å². The van der Waals surface area contributed by atoms with Crippen LogP contribution in [0.25, 0.3) is 6.08 Å². The molecule has 86 valence electrons. The molecular formula is C13H11NO2S. The molecule has 17 heavy (non-hydrogen) atoms. The molecule has 3 nitrogen and oxygen atoms in total. The number of nitrogens with zero attached hydrogens (tertiary/aromatic N) is 1. The molecule has 1 aromatic heterocycles. The van der Waals surface area contributed by atoms with Crippen molar-refractivity contribution < 1.29 is 9.90 Å². The van der Waals surface area contributed by atoms with Gasteiger partial charge in [-0.2, -0.15) is 0 Å². The van der Waals surface area contributed by atoms with Gasteiger partial charge in [-0.25, -0.2) is 4.98 Å². The maximum absolute atomic E-state index is 11.8. The van der Waals surface area contributed by atoms with E-state index in [9.17, 15) is 9.90 Å². The average Bonchev–Trinajstić information content (AvgIpc) is 2.72. The zero-order valence-electron chi connectivity index (χ0n) is 9.25. The molecule has 0 spiro atoms. The lowest BCUT2D eigenvalue weighted by Gasteiger charge is -1.95. The number of hydrogen-bond acceptors (Lipinski definition) is 4. The van der Waals surface area contributed by atoms with E-state index in [0.29, 0.717) is 4.88 Å². The minimum Gasteiger partial charge on any atom is -0.508 e. The summed E-state index contributed by atoms with van der Waals surface area (Å²) in [7, 11) is 0. The van der Waals surface area contributed by atoms with Crippen LogP contribution in [0.1, 0.15) is 20.9 Å². The molecule has 0 saturated carbocycles. The predicted molar refractivity (Wildman–Crippen MR) is 68.3 cm³/mol. The molecule has 0 amide bonds. The normalized spacial score (nSPS) is 10.9. The van der Waals surface area contributed by atoms with Crippen molar-refractivity contribution in [1.29, 1.82) is 0 Å². The van der Waals surface area contributed by atoms with Gasteiger partial charge in [0.15, 0.2) is 5.78 Å². The minimum atomic E-state index is -0.0617. The van der Waals surface area contributed by atoms with E-state index in [1.807, 2.05) is 13.0 Å². The number of hydrogen-bond donors (Lipinski definition) is 1. The fraction of sp³-hybridized carbons (Fsp3) is 0.0769. The van der Waals surface area contributed by atoms with Gasteiger partial charge >= 0.3 is 0 Å². The van der Waals surface area contributed by atoms with Crippen molar-refractivity contribution in [1.82, 2.24) is 4.98 Å². The number of carbonyl (C=O) groups is 1. The van der Waals surface area contributed by atoms with E-state index < -0.39 is 0 Å². The van der Waals surface area contributed by atoms with Gasteiger partial charge in [0, 0.05) is 0 Å². The number of benzene rings is 1. The average molecular weight is 245 g/mol. The molecule has 0 atom stereocenters. The van der Waals surface area contributed by atoms with Gasteiger partial charge in [-0.1, -0.05) is 18.2 Å². The zero-order chi connectivity index (χ0) is 12.3. The Balaban J connectivity index is 2.17. The van der Waals surface area contributed by atoms with E-state index in [4.69, 9.17) is 0 Å². The van der Waals surface area contributed by atoms with Crippen molar-refractivity contribution in [2.75, 3.05) is 0 Å². The molecule has 0 bridgehead atoms. The molecule has 0 aliphatic carbocycles. The van der Waals surface area contributed by atoms with E-state index >= 15 is 0 Å². The molecule has 0 saturated heterocycles. The highest BCUT2D eigenvalue weighted by Crippen LogP contribution is 2.16. The number of allylic oxidation sites excluding steroid dienone is 1. The first-order valence-electron chi connectivity index (χ1n) is 5.08. The van der Waals surface area contributed by atoms with E-state index in [-0.39, 0.29) is 11.5 Å². The zero-order valence-corrected chi connectivity index (χ0v) is 10.1. The van der Waals surface area contributed by atoms with Crippen LogP contribution in [0.2, 0.25) is 0 Å². The fourth-order valence-electron chi connectivity index (χ4n) is 1.41. The number of thiazole rings is 1. The molecule has 4 heteroatoms. The Bertz CT molecular complexity index is 572. The number of ketones is 1. The second kappa shape index (κ2) is 4.93. The lowest BCUT2D eigenvalue weighted by Crippen LogP contribution is -1.93. The van der Waals surface area contributed by atoms with Crippen molar-refractivity contribution in [3.8, 4) is 5.75 Å². The van der Waals surface area contributed by atoms with Gasteiger partial charge in [-0.15, -0.1) is 11.3 Å². The number of phenolic OH excluding ortho intramolecular Hbond substituents is 1. The molecule has 0 radical (unpaired) electrons. The highest BCUT2D eigenvalue weighted by atomic mass is 32.1. The summed E-state index contributed by atoms with van der Waals surface area (Å²) >= 11 is 1.33. The molecule has 0 fully saturated rings. The molecule has 0 aliphatic rings. The van der Waals surface area contributed by atoms with Crippen LogP contribution in [0.3, 0.4) is 0 Å². The van der Waals surface area contributed by atoms with Gasteiger partial charge in [-0.05, 0) is 30.7 Å². The quantitative estimate of drug-likeness (QED) is 0.668. The van der Waals surface area contributed by atoms with Crippen LogP contribution in [0.15, 0.2) is 35.9 Å². The van der Waals surface area contributed by atoms with Gasteiger partial charge in [0.1, 0.15) is 5.75 Å². The van der Waals surface area contributed by atoms with Gasteiger partial charge in [0.25, 0.3) is 0 Å². The molecular weight excluding hydrogens is 234 g/mol. The summed E-state index contributed by atoms with van der Waals surface area (Å²) < 4.78 is 0. The summed E-state index contributed by atoms with van der Waals surface area (Å²) in [6.45, 7) is 1.81.